The van der Waals surface area contributed by atoms with Gasteiger partial charge in [0.2, 0.25) is 0 Å². The van der Waals surface area contributed by atoms with E-state index in [2.05, 4.69) is 25.9 Å². The summed E-state index contributed by atoms with van der Waals surface area (Å²) < 4.78 is 10.8. The van der Waals surface area contributed by atoms with Crippen molar-refractivity contribution in [3.05, 3.63) is 29.8 Å². The third kappa shape index (κ3) is 4.39. The summed E-state index contributed by atoms with van der Waals surface area (Å²) >= 11 is 0. The standard InChI is InChI=1S/C14H18N6O3/c21-13(20-4-6-22-7-5-20)10-23-12-3-1-2-11(8-12)9-15-14-16-18-19-17-14/h1-3,8H,4-7,9-10H2,(H2,15,16,17,18,19). The van der Waals surface area contributed by atoms with Crippen molar-refractivity contribution in [3.8, 4) is 5.75 Å². The highest BCUT2D eigenvalue weighted by atomic mass is 16.5. The molecule has 0 spiro atoms. The van der Waals surface area contributed by atoms with Gasteiger partial charge in [-0.05, 0) is 22.9 Å². The Kier molecular flexibility index (Phi) is 4.99. The molecule has 0 bridgehead atoms. The lowest BCUT2D eigenvalue weighted by Crippen LogP contribution is -2.42. The molecule has 3 rings (SSSR count). The van der Waals surface area contributed by atoms with Gasteiger partial charge >= 0.3 is 0 Å². The zero-order valence-corrected chi connectivity index (χ0v) is 12.6. The summed E-state index contributed by atoms with van der Waals surface area (Å²) in [7, 11) is 0. The van der Waals surface area contributed by atoms with E-state index in [1.54, 1.807) is 4.90 Å². The van der Waals surface area contributed by atoms with E-state index in [0.717, 1.165) is 5.56 Å². The number of morpholine rings is 1. The number of aromatic amines is 1. The van der Waals surface area contributed by atoms with Gasteiger partial charge in [-0.15, -0.1) is 5.10 Å². The number of ether oxygens (including phenoxy) is 2. The summed E-state index contributed by atoms with van der Waals surface area (Å²) in [5.41, 5.74) is 0.992. The van der Waals surface area contributed by atoms with Crippen LogP contribution in [0.1, 0.15) is 5.56 Å². The zero-order chi connectivity index (χ0) is 15.9. The highest BCUT2D eigenvalue weighted by molar-refractivity contribution is 5.77. The van der Waals surface area contributed by atoms with Crippen molar-refractivity contribution in [1.82, 2.24) is 25.5 Å². The van der Waals surface area contributed by atoms with Crippen molar-refractivity contribution in [2.75, 3.05) is 38.2 Å². The number of H-pyrrole nitrogens is 1. The van der Waals surface area contributed by atoms with Crippen LogP contribution in [-0.2, 0) is 16.1 Å². The van der Waals surface area contributed by atoms with Crippen molar-refractivity contribution in [1.29, 1.82) is 0 Å². The molecule has 122 valence electrons. The summed E-state index contributed by atoms with van der Waals surface area (Å²) in [4.78, 5) is 13.8. The Hall–Kier alpha value is -2.68. The summed E-state index contributed by atoms with van der Waals surface area (Å²) in [6, 6.07) is 7.52. The summed E-state index contributed by atoms with van der Waals surface area (Å²) in [6.45, 7) is 2.98. The Morgan fingerprint density at radius 1 is 1.39 bits per heavy atom. The number of nitrogens with zero attached hydrogens (tertiary/aromatic N) is 4. The molecule has 1 saturated heterocycles. The van der Waals surface area contributed by atoms with Crippen molar-refractivity contribution >= 4 is 11.9 Å². The lowest BCUT2D eigenvalue weighted by molar-refractivity contribution is -0.137. The lowest BCUT2D eigenvalue weighted by atomic mass is 10.2. The van der Waals surface area contributed by atoms with E-state index in [0.29, 0.717) is 44.5 Å². The van der Waals surface area contributed by atoms with Crippen LogP contribution in [0, 0.1) is 0 Å². The second kappa shape index (κ2) is 7.54. The smallest absolute Gasteiger partial charge is 0.263 e. The van der Waals surface area contributed by atoms with Crippen molar-refractivity contribution in [3.63, 3.8) is 0 Å². The van der Waals surface area contributed by atoms with Crippen LogP contribution in [0.15, 0.2) is 24.3 Å². The van der Waals surface area contributed by atoms with Gasteiger partial charge in [-0.2, -0.15) is 5.21 Å². The fraction of sp³-hybridized carbons (Fsp3) is 0.429. The molecule has 0 radical (unpaired) electrons. The summed E-state index contributed by atoms with van der Waals surface area (Å²) in [5, 5.41) is 16.5. The molecule has 1 aliphatic rings. The van der Waals surface area contributed by atoms with Crippen LogP contribution in [0.25, 0.3) is 0 Å². The number of carbonyl (C=O) groups excluding carboxylic acids is 1. The number of aromatic nitrogens is 4. The maximum absolute atomic E-state index is 12.0. The molecule has 1 amide bonds. The minimum Gasteiger partial charge on any atom is -0.484 e. The SMILES string of the molecule is O=C(COc1cccc(CNc2nn[nH]n2)c1)N1CCOCC1. The Morgan fingerprint density at radius 2 is 2.26 bits per heavy atom. The van der Waals surface area contributed by atoms with E-state index < -0.39 is 0 Å². The van der Waals surface area contributed by atoms with Gasteiger partial charge in [0, 0.05) is 19.6 Å². The van der Waals surface area contributed by atoms with Crippen LogP contribution < -0.4 is 10.1 Å². The van der Waals surface area contributed by atoms with Crippen molar-refractivity contribution in [2.45, 2.75) is 6.54 Å². The minimum atomic E-state index is -0.0244. The predicted molar refractivity (Wildman–Crippen MR) is 80.8 cm³/mol. The van der Waals surface area contributed by atoms with E-state index in [9.17, 15) is 4.79 Å². The second-order valence-corrected chi connectivity index (χ2v) is 5.02. The van der Waals surface area contributed by atoms with E-state index in [-0.39, 0.29) is 12.5 Å². The first-order chi connectivity index (χ1) is 11.3. The Morgan fingerprint density at radius 3 is 3.04 bits per heavy atom. The molecular formula is C14H18N6O3. The van der Waals surface area contributed by atoms with E-state index in [1.165, 1.54) is 0 Å². The van der Waals surface area contributed by atoms with Gasteiger partial charge in [0.25, 0.3) is 11.9 Å². The monoisotopic (exact) mass is 318 g/mol. The average molecular weight is 318 g/mol. The molecule has 9 nitrogen and oxygen atoms in total. The van der Waals surface area contributed by atoms with E-state index >= 15 is 0 Å². The number of hydrogen-bond donors (Lipinski definition) is 2. The topological polar surface area (TPSA) is 105 Å². The van der Waals surface area contributed by atoms with Crippen LogP contribution >= 0.6 is 0 Å². The van der Waals surface area contributed by atoms with Crippen LogP contribution in [0.3, 0.4) is 0 Å². The zero-order valence-electron chi connectivity index (χ0n) is 12.6. The molecule has 1 aromatic heterocycles. The molecule has 0 unspecified atom stereocenters. The molecule has 2 aromatic rings. The second-order valence-electron chi connectivity index (χ2n) is 5.02. The van der Waals surface area contributed by atoms with Crippen LogP contribution in [0.4, 0.5) is 5.95 Å². The highest BCUT2D eigenvalue weighted by Gasteiger charge is 2.17. The number of benzene rings is 1. The molecule has 1 aromatic carbocycles. The maximum Gasteiger partial charge on any atom is 0.263 e. The van der Waals surface area contributed by atoms with Crippen molar-refractivity contribution in [2.24, 2.45) is 0 Å². The third-order valence-corrected chi connectivity index (χ3v) is 3.42. The third-order valence-electron chi connectivity index (χ3n) is 3.42. The molecule has 23 heavy (non-hydrogen) atoms. The minimum absolute atomic E-state index is 0.0244. The van der Waals surface area contributed by atoms with Gasteiger partial charge in [-0.25, -0.2) is 0 Å². The number of amides is 1. The Bertz CT molecular complexity index is 627. The number of tetrazole rings is 1. The maximum atomic E-state index is 12.0. The number of rotatable bonds is 6. The molecule has 1 fully saturated rings. The molecule has 1 aliphatic heterocycles. The number of nitrogens with one attached hydrogen (secondary N) is 2. The lowest BCUT2D eigenvalue weighted by Gasteiger charge is -2.26. The van der Waals surface area contributed by atoms with Gasteiger partial charge in [-0.1, -0.05) is 17.2 Å². The summed E-state index contributed by atoms with van der Waals surface area (Å²) in [6.07, 6.45) is 0. The first kappa shape index (κ1) is 15.2. The molecule has 2 N–H and O–H groups in total. The molecular weight excluding hydrogens is 300 g/mol. The quantitative estimate of drug-likeness (QED) is 0.775. The van der Waals surface area contributed by atoms with E-state index in [4.69, 9.17) is 9.47 Å². The molecule has 9 heteroatoms. The number of hydrogen-bond acceptors (Lipinski definition) is 7. The number of anilines is 1. The average Bonchev–Trinajstić information content (AvgIpc) is 3.12. The van der Waals surface area contributed by atoms with Gasteiger partial charge < -0.3 is 19.7 Å². The van der Waals surface area contributed by atoms with Gasteiger partial charge in [0.05, 0.1) is 13.2 Å². The largest absolute Gasteiger partial charge is 0.484 e. The fourth-order valence-corrected chi connectivity index (χ4v) is 2.21. The Labute approximate surface area is 133 Å². The highest BCUT2D eigenvalue weighted by Crippen LogP contribution is 2.14. The van der Waals surface area contributed by atoms with Gasteiger partial charge in [0.1, 0.15) is 5.75 Å². The fourth-order valence-electron chi connectivity index (χ4n) is 2.21. The van der Waals surface area contributed by atoms with Crippen molar-refractivity contribution < 1.29 is 14.3 Å². The molecule has 0 aliphatic carbocycles. The first-order valence-corrected chi connectivity index (χ1v) is 7.36. The molecule has 2 heterocycles. The van der Waals surface area contributed by atoms with Crippen LogP contribution in [-0.4, -0.2) is 64.3 Å². The normalized spacial score (nSPS) is 14.5. The van der Waals surface area contributed by atoms with Crippen LogP contribution in [0.5, 0.6) is 5.75 Å². The predicted octanol–water partition coefficient (Wildman–Crippen LogP) is 0.0494. The molecule has 0 atom stereocenters. The summed E-state index contributed by atoms with van der Waals surface area (Å²) in [5.74, 6) is 1.06. The van der Waals surface area contributed by atoms with Gasteiger partial charge in [-0.3, -0.25) is 4.79 Å². The molecule has 0 saturated carbocycles. The van der Waals surface area contributed by atoms with E-state index in [1.807, 2.05) is 24.3 Å². The first-order valence-electron chi connectivity index (χ1n) is 7.36. The number of carbonyl (C=O) groups is 1. The van der Waals surface area contributed by atoms with Gasteiger partial charge in [0.15, 0.2) is 6.61 Å². The Balaban J connectivity index is 1.49. The van der Waals surface area contributed by atoms with Crippen LogP contribution in [0.2, 0.25) is 0 Å².